The molecule has 0 spiro atoms. The van der Waals surface area contributed by atoms with Crippen LogP contribution < -0.4 is 5.30 Å². The van der Waals surface area contributed by atoms with Crippen LogP contribution in [0.5, 0.6) is 0 Å². The average Bonchev–Trinajstić information content (AvgIpc) is 1.88. The summed E-state index contributed by atoms with van der Waals surface area (Å²) in [6.45, 7) is 0. The zero-order valence-electron chi connectivity index (χ0n) is 5.99. The van der Waals surface area contributed by atoms with E-state index in [-0.39, 0.29) is 30.1 Å². The predicted molar refractivity (Wildman–Crippen MR) is 54.1 cm³/mol. The maximum Gasteiger partial charge on any atom is 0.440 e. The van der Waals surface area contributed by atoms with Gasteiger partial charge in [0.05, 0.1) is 0 Å². The number of halogens is 2. The molecule has 0 heterocycles. The highest BCUT2D eigenvalue weighted by molar-refractivity contribution is 7.66. The molecule has 0 fully saturated rings. The lowest BCUT2D eigenvalue weighted by atomic mass is 10.4. The Balaban J connectivity index is 0. The Morgan fingerprint density at radius 1 is 0.833 bits per heavy atom. The van der Waals surface area contributed by atoms with Crippen LogP contribution >= 0.6 is 32.8 Å². The first-order valence-electron chi connectivity index (χ1n) is 2.73. The van der Waals surface area contributed by atoms with Crippen LogP contribution in [0.25, 0.3) is 0 Å². The van der Waals surface area contributed by atoms with Gasteiger partial charge in [0.15, 0.2) is 5.30 Å². The molecule has 0 amide bonds. The Morgan fingerprint density at radius 2 is 1.25 bits per heavy atom. The minimum Gasteiger partial charge on any atom is -0.189 e. The highest BCUT2D eigenvalue weighted by Gasteiger charge is 2.32. The molecule has 0 unspecified atom stereocenters. The number of hydrogen-bond acceptors (Lipinski definition) is 3. The fourth-order valence-corrected chi connectivity index (χ4v) is 1.20. The summed E-state index contributed by atoms with van der Waals surface area (Å²) in [5, 5.41) is 0.176. The van der Waals surface area contributed by atoms with Gasteiger partial charge < -0.3 is 0 Å². The van der Waals surface area contributed by atoms with Crippen molar-refractivity contribution in [3.63, 3.8) is 0 Å². The molecule has 3 N–H and O–H groups in total. The van der Waals surface area contributed by atoms with Gasteiger partial charge in [-0.25, -0.2) is 0 Å². The number of rotatable bonds is 1. The van der Waals surface area contributed by atoms with Gasteiger partial charge in [-0.1, -0.05) is 18.2 Å². The van der Waals surface area contributed by atoms with E-state index in [2.05, 4.69) is 0 Å². The SMILES string of the molecule is Cl.Cl.O[P+](O)(O)c1ccccc1. The fraction of sp³-hybridized carbons (Fsp3) is 0. The second-order valence-electron chi connectivity index (χ2n) is 1.90. The highest BCUT2D eigenvalue weighted by Crippen LogP contribution is 2.42. The Labute approximate surface area is 83.5 Å². The second kappa shape index (κ2) is 5.70. The molecular formula is C6H10Cl2O3P+. The molecule has 0 bridgehead atoms. The van der Waals surface area contributed by atoms with Crippen molar-refractivity contribution < 1.29 is 14.7 Å². The van der Waals surface area contributed by atoms with Crippen molar-refractivity contribution in [3.05, 3.63) is 30.3 Å². The van der Waals surface area contributed by atoms with E-state index in [9.17, 15) is 0 Å². The summed E-state index contributed by atoms with van der Waals surface area (Å²) in [5.74, 6) is 0. The van der Waals surface area contributed by atoms with E-state index < -0.39 is 7.94 Å². The average molecular weight is 232 g/mol. The van der Waals surface area contributed by atoms with Gasteiger partial charge in [-0.05, 0) is 12.1 Å². The lowest BCUT2D eigenvalue weighted by Crippen LogP contribution is -2.07. The van der Waals surface area contributed by atoms with Crippen LogP contribution in [-0.2, 0) is 0 Å². The minimum atomic E-state index is -3.77. The van der Waals surface area contributed by atoms with Crippen LogP contribution in [0.1, 0.15) is 0 Å². The Kier molecular flexibility index (Phi) is 6.95. The molecule has 0 aliphatic carbocycles. The summed E-state index contributed by atoms with van der Waals surface area (Å²) >= 11 is 0. The lowest BCUT2D eigenvalue weighted by Gasteiger charge is -2.00. The van der Waals surface area contributed by atoms with Gasteiger partial charge in [-0.15, -0.1) is 24.8 Å². The quantitative estimate of drug-likeness (QED) is 0.630. The van der Waals surface area contributed by atoms with E-state index in [1.807, 2.05) is 0 Å². The van der Waals surface area contributed by atoms with Crippen molar-refractivity contribution in [3.8, 4) is 0 Å². The monoisotopic (exact) mass is 231 g/mol. The molecule has 1 aromatic rings. The molecule has 0 aliphatic heterocycles. The molecule has 12 heavy (non-hydrogen) atoms. The molecule has 3 nitrogen and oxygen atoms in total. The first kappa shape index (κ1) is 14.6. The molecule has 0 saturated heterocycles. The van der Waals surface area contributed by atoms with Crippen LogP contribution in [0.4, 0.5) is 0 Å². The molecule has 1 rings (SSSR count). The maximum atomic E-state index is 8.71. The van der Waals surface area contributed by atoms with E-state index in [4.69, 9.17) is 14.7 Å². The largest absolute Gasteiger partial charge is 0.440 e. The summed E-state index contributed by atoms with van der Waals surface area (Å²) in [5.41, 5.74) is 0. The minimum absolute atomic E-state index is 0. The third-order valence-electron chi connectivity index (χ3n) is 1.10. The normalized spacial score (nSPS) is 9.58. The molecule has 6 heteroatoms. The summed E-state index contributed by atoms with van der Waals surface area (Å²) in [6.07, 6.45) is 0. The first-order chi connectivity index (χ1) is 4.61. The van der Waals surface area contributed by atoms with Crippen molar-refractivity contribution in [1.82, 2.24) is 0 Å². The van der Waals surface area contributed by atoms with Crippen LogP contribution in [0.3, 0.4) is 0 Å². The van der Waals surface area contributed by atoms with Gasteiger partial charge in [0.1, 0.15) is 0 Å². The Hall–Kier alpha value is 0.110. The van der Waals surface area contributed by atoms with Crippen LogP contribution in [-0.4, -0.2) is 14.7 Å². The topological polar surface area (TPSA) is 60.7 Å². The van der Waals surface area contributed by atoms with E-state index in [1.165, 1.54) is 12.1 Å². The van der Waals surface area contributed by atoms with Gasteiger partial charge in [-0.2, -0.15) is 14.7 Å². The first-order valence-corrected chi connectivity index (χ1v) is 4.38. The van der Waals surface area contributed by atoms with Crippen LogP contribution in [0, 0.1) is 0 Å². The summed E-state index contributed by atoms with van der Waals surface area (Å²) in [4.78, 5) is 26.1. The zero-order valence-corrected chi connectivity index (χ0v) is 8.52. The Bertz CT molecular complexity index is 212. The molecule has 0 aromatic heterocycles. The van der Waals surface area contributed by atoms with Gasteiger partial charge in [0, 0.05) is 0 Å². The zero-order chi connectivity index (χ0) is 7.61. The van der Waals surface area contributed by atoms with Gasteiger partial charge >= 0.3 is 7.94 Å². The number of benzene rings is 1. The molecule has 0 aliphatic rings. The third kappa shape index (κ3) is 4.21. The van der Waals surface area contributed by atoms with E-state index in [0.717, 1.165) is 0 Å². The maximum absolute atomic E-state index is 8.71. The smallest absolute Gasteiger partial charge is 0.189 e. The van der Waals surface area contributed by atoms with Crippen molar-refractivity contribution in [1.29, 1.82) is 0 Å². The number of hydrogen-bond donors (Lipinski definition) is 3. The van der Waals surface area contributed by atoms with Crippen molar-refractivity contribution in [2.75, 3.05) is 0 Å². The fourth-order valence-electron chi connectivity index (χ4n) is 0.628. The van der Waals surface area contributed by atoms with Gasteiger partial charge in [0.2, 0.25) is 0 Å². The Morgan fingerprint density at radius 3 is 1.50 bits per heavy atom. The third-order valence-corrected chi connectivity index (χ3v) is 2.09. The summed E-state index contributed by atoms with van der Waals surface area (Å²) in [6, 6.07) is 7.93. The van der Waals surface area contributed by atoms with E-state index >= 15 is 0 Å². The van der Waals surface area contributed by atoms with Crippen LogP contribution in [0.15, 0.2) is 30.3 Å². The molecule has 0 radical (unpaired) electrons. The highest BCUT2D eigenvalue weighted by atomic mass is 35.5. The van der Waals surface area contributed by atoms with Crippen molar-refractivity contribution in [2.45, 2.75) is 0 Å². The molecule has 0 saturated carbocycles. The summed E-state index contributed by atoms with van der Waals surface area (Å²) < 4.78 is 0. The van der Waals surface area contributed by atoms with Crippen molar-refractivity contribution >= 4 is 38.1 Å². The van der Waals surface area contributed by atoms with Gasteiger partial charge in [0.25, 0.3) is 0 Å². The molecule has 0 atom stereocenters. The van der Waals surface area contributed by atoms with Crippen LogP contribution in [0.2, 0.25) is 0 Å². The standard InChI is InChI=1S/C6H8O3P.2ClH/c7-10(8,9)6-4-2-1-3-5-6;;/h1-5,7-9H;2*1H/q+1;;. The van der Waals surface area contributed by atoms with E-state index in [1.54, 1.807) is 18.2 Å². The molecular weight excluding hydrogens is 222 g/mol. The van der Waals surface area contributed by atoms with E-state index in [0.29, 0.717) is 0 Å². The molecule has 1 aromatic carbocycles. The lowest BCUT2D eigenvalue weighted by molar-refractivity contribution is 0.347. The second-order valence-corrected chi connectivity index (χ2v) is 3.56. The summed E-state index contributed by atoms with van der Waals surface area (Å²) in [7, 11) is -3.77. The van der Waals surface area contributed by atoms with Gasteiger partial charge in [-0.3, -0.25) is 0 Å². The van der Waals surface area contributed by atoms with Crippen molar-refractivity contribution in [2.24, 2.45) is 0 Å². The molecule has 70 valence electrons. The predicted octanol–water partition coefficient (Wildman–Crippen LogP) is 0.895.